The summed E-state index contributed by atoms with van der Waals surface area (Å²) in [5.41, 5.74) is 0. The summed E-state index contributed by atoms with van der Waals surface area (Å²) in [5.74, 6) is 0.112. The average molecular weight is 244 g/mol. The van der Waals surface area contributed by atoms with Gasteiger partial charge in [-0.15, -0.1) is 0 Å². The number of nitrogens with zero attached hydrogens (tertiary/aromatic N) is 1. The van der Waals surface area contributed by atoms with E-state index in [1.165, 1.54) is 0 Å². The molecule has 100 valence electrons. The molecule has 1 amide bonds. The van der Waals surface area contributed by atoms with Gasteiger partial charge in [-0.3, -0.25) is 9.69 Å². The second-order valence-electron chi connectivity index (χ2n) is 4.13. The zero-order valence-electron chi connectivity index (χ0n) is 11.1. The molecule has 0 bridgehead atoms. The Morgan fingerprint density at radius 3 is 2.65 bits per heavy atom. The topological polar surface area (TPSA) is 50.8 Å². The lowest BCUT2D eigenvalue weighted by molar-refractivity contribution is -0.145. The van der Waals surface area contributed by atoms with Crippen molar-refractivity contribution >= 4 is 5.91 Å². The van der Waals surface area contributed by atoms with Gasteiger partial charge in [0, 0.05) is 39.3 Å². The van der Waals surface area contributed by atoms with Gasteiger partial charge >= 0.3 is 0 Å². The molecule has 0 aromatic heterocycles. The van der Waals surface area contributed by atoms with Crippen molar-refractivity contribution in [3.63, 3.8) is 0 Å². The van der Waals surface area contributed by atoms with Gasteiger partial charge in [-0.05, 0) is 20.8 Å². The molecule has 1 atom stereocenters. The maximum atomic E-state index is 11.5. The van der Waals surface area contributed by atoms with E-state index in [-0.39, 0.29) is 18.2 Å². The monoisotopic (exact) mass is 244 g/mol. The highest BCUT2D eigenvalue weighted by Gasteiger charge is 2.25. The van der Waals surface area contributed by atoms with Crippen LogP contribution in [0.1, 0.15) is 27.2 Å². The molecule has 0 saturated carbocycles. The third-order valence-electron chi connectivity index (χ3n) is 2.98. The van der Waals surface area contributed by atoms with Crippen molar-refractivity contribution in [2.24, 2.45) is 0 Å². The molecule has 1 unspecified atom stereocenters. The van der Waals surface area contributed by atoms with Crippen molar-refractivity contribution in [2.45, 2.75) is 39.5 Å². The van der Waals surface area contributed by atoms with Crippen LogP contribution >= 0.6 is 0 Å². The molecule has 1 heterocycles. The summed E-state index contributed by atoms with van der Waals surface area (Å²) < 4.78 is 11.0. The molecule has 1 aliphatic heterocycles. The van der Waals surface area contributed by atoms with Gasteiger partial charge in [0.2, 0.25) is 5.91 Å². The van der Waals surface area contributed by atoms with E-state index in [4.69, 9.17) is 9.47 Å². The van der Waals surface area contributed by atoms with Crippen LogP contribution < -0.4 is 5.32 Å². The Balaban J connectivity index is 2.34. The summed E-state index contributed by atoms with van der Waals surface area (Å²) in [6.45, 7) is 9.63. The molecule has 5 nitrogen and oxygen atoms in total. The van der Waals surface area contributed by atoms with Crippen molar-refractivity contribution < 1.29 is 14.3 Å². The summed E-state index contributed by atoms with van der Waals surface area (Å²) in [4.78, 5) is 13.7. The van der Waals surface area contributed by atoms with Gasteiger partial charge in [0.25, 0.3) is 0 Å². The van der Waals surface area contributed by atoms with Crippen LogP contribution in [0.25, 0.3) is 0 Å². The normalized spacial score (nSPS) is 21.9. The number of amides is 1. The van der Waals surface area contributed by atoms with Crippen molar-refractivity contribution in [3.8, 4) is 0 Å². The molecule has 0 spiro atoms. The van der Waals surface area contributed by atoms with Crippen LogP contribution in [0.2, 0.25) is 0 Å². The van der Waals surface area contributed by atoms with Crippen LogP contribution in [0.3, 0.4) is 0 Å². The van der Waals surface area contributed by atoms with Crippen LogP contribution in [0.15, 0.2) is 0 Å². The lowest BCUT2D eigenvalue weighted by Gasteiger charge is -2.33. The molecular weight excluding hydrogens is 220 g/mol. The third-order valence-corrected chi connectivity index (χ3v) is 2.98. The van der Waals surface area contributed by atoms with E-state index >= 15 is 0 Å². The highest BCUT2D eigenvalue weighted by Crippen LogP contribution is 2.08. The maximum Gasteiger partial charge on any atom is 0.237 e. The number of hydrogen-bond acceptors (Lipinski definition) is 4. The van der Waals surface area contributed by atoms with E-state index in [0.29, 0.717) is 13.2 Å². The number of nitrogens with one attached hydrogen (secondary N) is 1. The first kappa shape index (κ1) is 14.4. The fourth-order valence-electron chi connectivity index (χ4n) is 1.99. The van der Waals surface area contributed by atoms with Crippen molar-refractivity contribution in [1.82, 2.24) is 10.2 Å². The van der Waals surface area contributed by atoms with Gasteiger partial charge in [-0.2, -0.15) is 0 Å². The summed E-state index contributed by atoms with van der Waals surface area (Å²) in [5, 5.41) is 2.86. The SMILES string of the molecule is CCOC(CCN1CCNC(=O)C1C)OCC. The molecule has 0 aromatic carbocycles. The minimum absolute atomic E-state index is 0.0485. The molecule has 1 N–H and O–H groups in total. The predicted molar refractivity (Wildman–Crippen MR) is 65.7 cm³/mol. The predicted octanol–water partition coefficient (Wildman–Crippen LogP) is 0.596. The molecular formula is C12H24N2O3. The number of piperazine rings is 1. The van der Waals surface area contributed by atoms with E-state index in [0.717, 1.165) is 26.1 Å². The van der Waals surface area contributed by atoms with Gasteiger partial charge in [0.1, 0.15) is 0 Å². The van der Waals surface area contributed by atoms with Gasteiger partial charge in [0.05, 0.1) is 6.04 Å². The largest absolute Gasteiger partial charge is 0.353 e. The first-order valence-corrected chi connectivity index (χ1v) is 6.44. The molecule has 1 saturated heterocycles. The van der Waals surface area contributed by atoms with Crippen LogP contribution in [-0.2, 0) is 14.3 Å². The van der Waals surface area contributed by atoms with Gasteiger partial charge < -0.3 is 14.8 Å². The summed E-state index contributed by atoms with van der Waals surface area (Å²) in [6.07, 6.45) is 0.654. The second-order valence-corrected chi connectivity index (χ2v) is 4.13. The Morgan fingerprint density at radius 1 is 1.41 bits per heavy atom. The van der Waals surface area contributed by atoms with Gasteiger partial charge in [0.15, 0.2) is 6.29 Å². The van der Waals surface area contributed by atoms with E-state index in [9.17, 15) is 4.79 Å². The van der Waals surface area contributed by atoms with E-state index < -0.39 is 0 Å². The van der Waals surface area contributed by atoms with Crippen molar-refractivity contribution in [2.75, 3.05) is 32.8 Å². The van der Waals surface area contributed by atoms with Crippen LogP contribution in [-0.4, -0.2) is 56.0 Å². The quantitative estimate of drug-likeness (QED) is 0.666. The van der Waals surface area contributed by atoms with Crippen molar-refractivity contribution in [3.05, 3.63) is 0 Å². The molecule has 1 fully saturated rings. The van der Waals surface area contributed by atoms with E-state index in [2.05, 4.69) is 10.2 Å². The number of carbonyl (C=O) groups excluding carboxylic acids is 1. The first-order valence-electron chi connectivity index (χ1n) is 6.44. The Hall–Kier alpha value is -0.650. The Kier molecular flexibility index (Phi) is 6.47. The first-order chi connectivity index (χ1) is 8.19. The Bertz CT molecular complexity index is 230. The molecule has 0 aromatic rings. The third kappa shape index (κ3) is 4.61. The minimum Gasteiger partial charge on any atom is -0.353 e. The molecule has 17 heavy (non-hydrogen) atoms. The minimum atomic E-state index is -0.151. The number of carbonyl (C=O) groups is 1. The number of ether oxygens (including phenoxy) is 2. The Labute approximate surface area is 103 Å². The Morgan fingerprint density at radius 2 is 2.06 bits per heavy atom. The lowest BCUT2D eigenvalue weighted by atomic mass is 10.2. The molecule has 0 radical (unpaired) electrons. The second kappa shape index (κ2) is 7.63. The van der Waals surface area contributed by atoms with Crippen LogP contribution in [0.5, 0.6) is 0 Å². The highest BCUT2D eigenvalue weighted by atomic mass is 16.7. The van der Waals surface area contributed by atoms with Gasteiger partial charge in [-0.25, -0.2) is 0 Å². The summed E-state index contributed by atoms with van der Waals surface area (Å²) in [6, 6.07) is -0.0485. The summed E-state index contributed by atoms with van der Waals surface area (Å²) >= 11 is 0. The summed E-state index contributed by atoms with van der Waals surface area (Å²) in [7, 11) is 0. The molecule has 1 aliphatic rings. The number of hydrogen-bond donors (Lipinski definition) is 1. The van der Waals surface area contributed by atoms with Gasteiger partial charge in [-0.1, -0.05) is 0 Å². The van der Waals surface area contributed by atoms with Crippen LogP contribution in [0.4, 0.5) is 0 Å². The molecule has 5 heteroatoms. The standard InChI is InChI=1S/C12H24N2O3/c1-4-16-11(17-5-2)6-8-14-9-7-13-12(15)10(14)3/h10-11H,4-9H2,1-3H3,(H,13,15). The molecule has 0 aliphatic carbocycles. The fourth-order valence-corrected chi connectivity index (χ4v) is 1.99. The smallest absolute Gasteiger partial charge is 0.237 e. The fraction of sp³-hybridized carbons (Fsp3) is 0.917. The van der Waals surface area contributed by atoms with E-state index in [1.54, 1.807) is 0 Å². The average Bonchev–Trinajstić information content (AvgIpc) is 2.31. The number of rotatable bonds is 7. The van der Waals surface area contributed by atoms with Crippen LogP contribution in [0, 0.1) is 0 Å². The molecule has 1 rings (SSSR count). The highest BCUT2D eigenvalue weighted by molar-refractivity contribution is 5.81. The van der Waals surface area contributed by atoms with Crippen molar-refractivity contribution in [1.29, 1.82) is 0 Å². The zero-order valence-corrected chi connectivity index (χ0v) is 11.1. The lowest BCUT2D eigenvalue weighted by Crippen LogP contribution is -2.54. The maximum absolute atomic E-state index is 11.5. The zero-order chi connectivity index (χ0) is 12.7. The van der Waals surface area contributed by atoms with E-state index in [1.807, 2.05) is 20.8 Å².